The normalized spacial score (nSPS) is 16.8. The van der Waals surface area contributed by atoms with Crippen LogP contribution in [-0.4, -0.2) is 52.7 Å². The summed E-state index contributed by atoms with van der Waals surface area (Å²) in [6.07, 6.45) is -0.387. The Labute approximate surface area is 192 Å². The first-order valence-electron chi connectivity index (χ1n) is 9.49. The highest BCUT2D eigenvalue weighted by Crippen LogP contribution is 2.24. The molecular formula is C19H21Cl2N5O6. The average Bonchev–Trinajstić information content (AvgIpc) is 3.14. The molecule has 32 heavy (non-hydrogen) atoms. The van der Waals surface area contributed by atoms with E-state index in [0.717, 1.165) is 0 Å². The second kappa shape index (κ2) is 11.4. The highest BCUT2D eigenvalue weighted by atomic mass is 35.5. The molecule has 0 unspecified atom stereocenters. The number of hydrogen-bond acceptors (Lipinski definition) is 5. The van der Waals surface area contributed by atoms with Crippen LogP contribution in [-0.2, 0) is 30.4 Å². The lowest BCUT2D eigenvalue weighted by molar-refractivity contribution is -0.142. The number of carbonyl (C=O) groups is 5. The van der Waals surface area contributed by atoms with E-state index < -0.39 is 41.7 Å². The molecule has 4 amide bonds. The van der Waals surface area contributed by atoms with Crippen molar-refractivity contribution in [2.75, 3.05) is 0 Å². The Hall–Kier alpha value is -3.18. The van der Waals surface area contributed by atoms with Gasteiger partial charge in [-0.25, -0.2) is 4.79 Å². The van der Waals surface area contributed by atoms with E-state index in [0.29, 0.717) is 5.56 Å². The smallest absolute Gasteiger partial charge is 0.326 e. The van der Waals surface area contributed by atoms with Crippen LogP contribution in [0.4, 0.5) is 0 Å². The number of carboxylic acid groups (broad SMARTS) is 1. The van der Waals surface area contributed by atoms with Crippen molar-refractivity contribution >= 4 is 58.8 Å². The lowest BCUT2D eigenvalue weighted by Gasteiger charge is -2.16. The SMILES string of the molecule is NC(=NC(=O)CC[C@H](NC(=O)[C@@H]1CCC(=O)N1)C(=O)O)NC(=O)Cc1c(Cl)cccc1Cl. The number of rotatable bonds is 8. The third-order valence-corrected chi connectivity index (χ3v) is 5.19. The maximum atomic E-state index is 12.1. The lowest BCUT2D eigenvalue weighted by atomic mass is 10.1. The minimum Gasteiger partial charge on any atom is -0.480 e. The van der Waals surface area contributed by atoms with Gasteiger partial charge in [-0.1, -0.05) is 29.3 Å². The number of benzene rings is 1. The maximum absolute atomic E-state index is 12.1. The second-order valence-electron chi connectivity index (χ2n) is 6.91. The van der Waals surface area contributed by atoms with Gasteiger partial charge in [0.15, 0.2) is 0 Å². The largest absolute Gasteiger partial charge is 0.480 e. The van der Waals surface area contributed by atoms with Gasteiger partial charge in [0.2, 0.25) is 29.6 Å². The topological polar surface area (TPSA) is 180 Å². The molecule has 1 aromatic rings. The summed E-state index contributed by atoms with van der Waals surface area (Å²) < 4.78 is 0. The van der Waals surface area contributed by atoms with Crippen molar-refractivity contribution in [1.29, 1.82) is 0 Å². The summed E-state index contributed by atoms with van der Waals surface area (Å²) >= 11 is 12.0. The molecule has 1 heterocycles. The molecular weight excluding hydrogens is 465 g/mol. The van der Waals surface area contributed by atoms with Crippen molar-refractivity contribution in [3.05, 3.63) is 33.8 Å². The number of amides is 4. The van der Waals surface area contributed by atoms with Crippen LogP contribution in [0.15, 0.2) is 23.2 Å². The molecule has 0 spiro atoms. The molecule has 1 aliphatic rings. The molecule has 172 valence electrons. The standard InChI is InChI=1S/C19H21Cl2N5O6/c20-10-2-1-3-11(21)9(10)8-16(29)26-19(22)25-15(28)7-5-13(18(31)32)24-17(30)12-4-6-14(27)23-12/h1-3,12-13H,4-8H2,(H,23,27)(H,24,30)(H,31,32)(H3,22,25,26,28,29)/t12-,13-/m0/s1. The second-order valence-corrected chi connectivity index (χ2v) is 7.73. The molecule has 2 atom stereocenters. The van der Waals surface area contributed by atoms with Gasteiger partial charge < -0.3 is 21.5 Å². The fourth-order valence-electron chi connectivity index (χ4n) is 2.88. The van der Waals surface area contributed by atoms with Crippen LogP contribution in [0.5, 0.6) is 0 Å². The zero-order chi connectivity index (χ0) is 23.8. The van der Waals surface area contributed by atoms with Crippen LogP contribution < -0.4 is 21.7 Å². The molecule has 0 bridgehead atoms. The molecule has 1 aliphatic heterocycles. The molecule has 0 radical (unpaired) electrons. The molecule has 0 aliphatic carbocycles. The molecule has 1 aromatic carbocycles. The highest BCUT2D eigenvalue weighted by Gasteiger charge is 2.30. The van der Waals surface area contributed by atoms with Gasteiger partial charge in [0.1, 0.15) is 12.1 Å². The summed E-state index contributed by atoms with van der Waals surface area (Å²) in [5, 5.41) is 16.8. The number of nitrogens with zero attached hydrogens (tertiary/aromatic N) is 1. The summed E-state index contributed by atoms with van der Waals surface area (Å²) in [7, 11) is 0. The van der Waals surface area contributed by atoms with Gasteiger partial charge in [-0.05, 0) is 30.5 Å². The first kappa shape index (κ1) is 25.1. The van der Waals surface area contributed by atoms with Crippen LogP contribution in [0, 0.1) is 0 Å². The van der Waals surface area contributed by atoms with Gasteiger partial charge in [0.05, 0.1) is 6.42 Å². The number of aliphatic imine (C=N–C) groups is 1. The highest BCUT2D eigenvalue weighted by molar-refractivity contribution is 6.36. The van der Waals surface area contributed by atoms with Gasteiger partial charge in [-0.15, -0.1) is 0 Å². The summed E-state index contributed by atoms with van der Waals surface area (Å²) in [5.74, 6) is -4.18. The molecule has 2 rings (SSSR count). The minimum atomic E-state index is -1.36. The Morgan fingerprint density at radius 2 is 1.91 bits per heavy atom. The summed E-state index contributed by atoms with van der Waals surface area (Å²) in [6, 6.07) is 2.58. The molecule has 1 fully saturated rings. The molecule has 1 saturated heterocycles. The van der Waals surface area contributed by atoms with E-state index in [2.05, 4.69) is 20.9 Å². The third kappa shape index (κ3) is 7.50. The quantitative estimate of drug-likeness (QED) is 0.256. The van der Waals surface area contributed by atoms with Crippen LogP contribution in [0.3, 0.4) is 0 Å². The zero-order valence-electron chi connectivity index (χ0n) is 16.7. The number of halogens is 2. The Morgan fingerprint density at radius 1 is 1.25 bits per heavy atom. The van der Waals surface area contributed by atoms with Crippen molar-refractivity contribution in [1.82, 2.24) is 16.0 Å². The van der Waals surface area contributed by atoms with Crippen molar-refractivity contribution in [2.24, 2.45) is 10.7 Å². The van der Waals surface area contributed by atoms with E-state index in [1.54, 1.807) is 18.2 Å². The fraction of sp³-hybridized carbons (Fsp3) is 0.368. The van der Waals surface area contributed by atoms with Gasteiger partial charge in [0.25, 0.3) is 0 Å². The number of carbonyl (C=O) groups excluding carboxylic acids is 4. The Morgan fingerprint density at radius 3 is 2.47 bits per heavy atom. The van der Waals surface area contributed by atoms with Crippen LogP contribution >= 0.6 is 23.2 Å². The number of hydrogen-bond donors (Lipinski definition) is 5. The maximum Gasteiger partial charge on any atom is 0.326 e. The number of aliphatic carboxylic acids is 1. The van der Waals surface area contributed by atoms with Gasteiger partial charge in [0, 0.05) is 22.9 Å². The van der Waals surface area contributed by atoms with Crippen molar-refractivity contribution < 1.29 is 29.1 Å². The first-order valence-corrected chi connectivity index (χ1v) is 10.2. The zero-order valence-corrected chi connectivity index (χ0v) is 18.2. The summed E-state index contributed by atoms with van der Waals surface area (Å²) in [4.78, 5) is 62.2. The molecule has 6 N–H and O–H groups in total. The first-order chi connectivity index (χ1) is 15.1. The molecule has 13 heteroatoms. The summed E-state index contributed by atoms with van der Waals surface area (Å²) in [5.41, 5.74) is 5.93. The Kier molecular flexibility index (Phi) is 8.97. The third-order valence-electron chi connectivity index (χ3n) is 4.48. The predicted molar refractivity (Wildman–Crippen MR) is 115 cm³/mol. The minimum absolute atomic E-state index is 0.177. The number of nitrogens with one attached hydrogen (secondary N) is 3. The average molecular weight is 486 g/mol. The van der Waals surface area contributed by atoms with Crippen molar-refractivity contribution in [3.8, 4) is 0 Å². The predicted octanol–water partition coefficient (Wildman–Crippen LogP) is 0.122. The van der Waals surface area contributed by atoms with E-state index in [1.165, 1.54) is 0 Å². The Bertz CT molecular complexity index is 947. The van der Waals surface area contributed by atoms with Crippen LogP contribution in [0.25, 0.3) is 0 Å². The Balaban J connectivity index is 1.85. The molecule has 11 nitrogen and oxygen atoms in total. The van der Waals surface area contributed by atoms with E-state index in [1.807, 2.05) is 0 Å². The van der Waals surface area contributed by atoms with E-state index in [4.69, 9.17) is 28.9 Å². The number of nitrogens with two attached hydrogens (primary N) is 1. The van der Waals surface area contributed by atoms with Crippen molar-refractivity contribution in [2.45, 2.75) is 44.2 Å². The van der Waals surface area contributed by atoms with Crippen molar-refractivity contribution in [3.63, 3.8) is 0 Å². The van der Waals surface area contributed by atoms with E-state index in [-0.39, 0.29) is 48.1 Å². The van der Waals surface area contributed by atoms with Crippen LogP contribution in [0.2, 0.25) is 10.0 Å². The van der Waals surface area contributed by atoms with E-state index in [9.17, 15) is 29.1 Å². The summed E-state index contributed by atoms with van der Waals surface area (Å²) in [6.45, 7) is 0. The fourth-order valence-corrected chi connectivity index (χ4v) is 3.41. The van der Waals surface area contributed by atoms with Crippen LogP contribution in [0.1, 0.15) is 31.2 Å². The number of guanidine groups is 1. The molecule has 0 saturated carbocycles. The number of carboxylic acids is 1. The van der Waals surface area contributed by atoms with E-state index >= 15 is 0 Å². The monoisotopic (exact) mass is 485 g/mol. The molecule has 0 aromatic heterocycles. The van der Waals surface area contributed by atoms with Gasteiger partial charge in [-0.2, -0.15) is 4.99 Å². The lowest BCUT2D eigenvalue weighted by Crippen LogP contribution is -2.48. The van der Waals surface area contributed by atoms with Gasteiger partial charge in [-0.3, -0.25) is 24.5 Å². The van der Waals surface area contributed by atoms with Gasteiger partial charge >= 0.3 is 5.97 Å².